The Morgan fingerprint density at radius 3 is 2.70 bits per heavy atom. The van der Waals surface area contributed by atoms with E-state index >= 15 is 0 Å². The average molecular weight is 402 g/mol. The summed E-state index contributed by atoms with van der Waals surface area (Å²) in [6, 6.07) is 12.8. The van der Waals surface area contributed by atoms with Gasteiger partial charge in [-0.2, -0.15) is 4.98 Å². The van der Waals surface area contributed by atoms with Crippen LogP contribution in [0.1, 0.15) is 27.9 Å². The van der Waals surface area contributed by atoms with E-state index in [4.69, 9.17) is 5.73 Å². The van der Waals surface area contributed by atoms with Gasteiger partial charge in [0.2, 0.25) is 17.8 Å². The highest BCUT2D eigenvalue weighted by Crippen LogP contribution is 2.30. The fourth-order valence-electron chi connectivity index (χ4n) is 3.38. The van der Waals surface area contributed by atoms with E-state index in [0.29, 0.717) is 29.4 Å². The summed E-state index contributed by atoms with van der Waals surface area (Å²) in [5, 5.41) is 6.43. The predicted molar refractivity (Wildman–Crippen MR) is 116 cm³/mol. The Kier molecular flexibility index (Phi) is 5.05. The third-order valence-electron chi connectivity index (χ3n) is 5.06. The highest BCUT2D eigenvalue weighted by Gasteiger charge is 2.21. The number of hydrogen-bond donors (Lipinski definition) is 3. The van der Waals surface area contributed by atoms with Crippen molar-refractivity contribution in [1.29, 1.82) is 0 Å². The molecule has 2 aromatic carbocycles. The number of carbonyl (C=O) groups excluding carboxylic acids is 2. The molecule has 0 spiro atoms. The van der Waals surface area contributed by atoms with Gasteiger partial charge in [0, 0.05) is 47.9 Å². The van der Waals surface area contributed by atoms with Crippen molar-refractivity contribution in [2.45, 2.75) is 19.8 Å². The van der Waals surface area contributed by atoms with E-state index in [2.05, 4.69) is 20.6 Å². The van der Waals surface area contributed by atoms with Crippen molar-refractivity contribution >= 4 is 40.6 Å². The molecule has 30 heavy (non-hydrogen) atoms. The molecule has 0 radical (unpaired) electrons. The zero-order chi connectivity index (χ0) is 21.3. The lowest BCUT2D eigenvalue weighted by molar-refractivity contribution is -0.118. The molecular weight excluding hydrogens is 380 g/mol. The second-order valence-electron chi connectivity index (χ2n) is 7.22. The summed E-state index contributed by atoms with van der Waals surface area (Å²) in [6.45, 7) is 1.92. The Bertz CT molecular complexity index is 1140. The number of nitrogens with two attached hydrogens (primary N) is 1. The maximum Gasteiger partial charge on any atom is 0.248 e. The third-order valence-corrected chi connectivity index (χ3v) is 5.06. The number of anilines is 5. The van der Waals surface area contributed by atoms with Gasteiger partial charge in [-0.3, -0.25) is 9.59 Å². The molecule has 1 aliphatic heterocycles. The van der Waals surface area contributed by atoms with Crippen molar-refractivity contribution < 1.29 is 9.59 Å². The van der Waals surface area contributed by atoms with Crippen LogP contribution >= 0.6 is 0 Å². The Morgan fingerprint density at radius 2 is 1.90 bits per heavy atom. The van der Waals surface area contributed by atoms with Crippen molar-refractivity contribution in [3.63, 3.8) is 0 Å². The van der Waals surface area contributed by atoms with Crippen molar-refractivity contribution in [3.8, 4) is 0 Å². The highest BCUT2D eigenvalue weighted by molar-refractivity contribution is 5.96. The minimum absolute atomic E-state index is 0.131. The number of rotatable bonds is 5. The molecule has 152 valence electrons. The van der Waals surface area contributed by atoms with Gasteiger partial charge in [0.15, 0.2) is 0 Å². The normalized spacial score (nSPS) is 13.0. The van der Waals surface area contributed by atoms with Crippen LogP contribution in [0.4, 0.5) is 28.8 Å². The molecule has 0 saturated heterocycles. The molecule has 0 fully saturated rings. The van der Waals surface area contributed by atoms with E-state index < -0.39 is 5.91 Å². The van der Waals surface area contributed by atoms with Gasteiger partial charge in [-0.1, -0.05) is 6.07 Å². The minimum atomic E-state index is -0.495. The molecular formula is C22H22N6O2. The lowest BCUT2D eigenvalue weighted by Gasteiger charge is -2.26. The number of aromatic nitrogens is 2. The predicted octanol–water partition coefficient (Wildman–Crippen LogP) is 3.28. The number of nitrogens with one attached hydrogen (secondary N) is 2. The lowest BCUT2D eigenvalue weighted by Crippen LogP contribution is -2.31. The molecule has 1 aliphatic rings. The quantitative estimate of drug-likeness (QED) is 0.604. The van der Waals surface area contributed by atoms with Gasteiger partial charge in [-0.15, -0.1) is 0 Å². The van der Waals surface area contributed by atoms with Crippen LogP contribution in [0.25, 0.3) is 0 Å². The van der Waals surface area contributed by atoms with Crippen molar-refractivity contribution in [3.05, 3.63) is 65.4 Å². The number of primary amides is 1. The summed E-state index contributed by atoms with van der Waals surface area (Å²) in [5.74, 6) is 0.698. The molecule has 8 nitrogen and oxygen atoms in total. The van der Waals surface area contributed by atoms with Crippen molar-refractivity contribution in [2.24, 2.45) is 5.73 Å². The monoisotopic (exact) mass is 402 g/mol. The van der Waals surface area contributed by atoms with Crippen LogP contribution in [0, 0.1) is 6.92 Å². The van der Waals surface area contributed by atoms with Crippen LogP contribution in [0.2, 0.25) is 0 Å². The second kappa shape index (κ2) is 7.82. The number of aryl methyl sites for hydroxylation is 2. The zero-order valence-electron chi connectivity index (χ0n) is 16.8. The van der Waals surface area contributed by atoms with Gasteiger partial charge in [-0.05, 0) is 55.3 Å². The van der Waals surface area contributed by atoms with Crippen LogP contribution in [0.15, 0.2) is 48.7 Å². The zero-order valence-corrected chi connectivity index (χ0v) is 16.8. The summed E-state index contributed by atoms with van der Waals surface area (Å²) in [7, 11) is 1.80. The Hall–Kier alpha value is -3.94. The highest BCUT2D eigenvalue weighted by atomic mass is 16.2. The summed E-state index contributed by atoms with van der Waals surface area (Å²) < 4.78 is 0. The molecule has 2 amide bonds. The Balaban J connectivity index is 1.56. The van der Waals surface area contributed by atoms with E-state index in [-0.39, 0.29) is 5.91 Å². The summed E-state index contributed by atoms with van der Waals surface area (Å²) in [4.78, 5) is 33.8. The van der Waals surface area contributed by atoms with Gasteiger partial charge < -0.3 is 21.3 Å². The summed E-state index contributed by atoms with van der Waals surface area (Å²) >= 11 is 0. The molecule has 2 heterocycles. The number of nitrogens with zero attached hydrogens (tertiary/aromatic N) is 3. The van der Waals surface area contributed by atoms with Crippen LogP contribution < -0.4 is 21.3 Å². The van der Waals surface area contributed by atoms with E-state index in [0.717, 1.165) is 28.9 Å². The SMILES string of the molecule is Cc1cnc(Nc2cccc(C(N)=O)c2)nc1Nc1ccc2c(c1)CCC(=O)N2C. The summed E-state index contributed by atoms with van der Waals surface area (Å²) in [6.07, 6.45) is 2.96. The molecule has 0 saturated carbocycles. The molecule has 0 aliphatic carbocycles. The third kappa shape index (κ3) is 3.93. The number of benzene rings is 2. The van der Waals surface area contributed by atoms with Crippen LogP contribution in [-0.2, 0) is 11.2 Å². The number of fused-ring (bicyclic) bond motifs is 1. The molecule has 3 aromatic rings. The number of amides is 2. The van der Waals surface area contributed by atoms with Gasteiger partial charge in [0.1, 0.15) is 5.82 Å². The van der Waals surface area contributed by atoms with Gasteiger partial charge in [0.25, 0.3) is 0 Å². The first-order valence-corrected chi connectivity index (χ1v) is 9.58. The fourth-order valence-corrected chi connectivity index (χ4v) is 3.38. The van der Waals surface area contributed by atoms with E-state index in [1.807, 2.05) is 31.2 Å². The van der Waals surface area contributed by atoms with Gasteiger partial charge in [-0.25, -0.2) is 4.98 Å². The van der Waals surface area contributed by atoms with Crippen molar-refractivity contribution in [1.82, 2.24) is 9.97 Å². The Morgan fingerprint density at radius 1 is 1.10 bits per heavy atom. The number of hydrogen-bond acceptors (Lipinski definition) is 6. The van der Waals surface area contributed by atoms with Crippen LogP contribution in [-0.4, -0.2) is 28.8 Å². The van der Waals surface area contributed by atoms with Crippen molar-refractivity contribution in [2.75, 3.05) is 22.6 Å². The van der Waals surface area contributed by atoms with Gasteiger partial charge >= 0.3 is 0 Å². The standard InChI is InChI=1S/C22H22N6O2/c1-13-12-24-22(26-16-5-3-4-15(11-16)20(23)30)27-21(13)25-17-7-8-18-14(10-17)6-9-19(29)28(18)2/h3-5,7-8,10-12H,6,9H2,1-2H3,(H2,23,30)(H2,24,25,26,27). The largest absolute Gasteiger partial charge is 0.366 e. The molecule has 0 atom stereocenters. The molecule has 4 rings (SSSR count). The van der Waals surface area contributed by atoms with E-state index in [1.165, 1.54) is 0 Å². The summed E-state index contributed by atoms with van der Waals surface area (Å²) in [5.41, 5.74) is 10.2. The van der Waals surface area contributed by atoms with Gasteiger partial charge in [0.05, 0.1) is 0 Å². The maximum absolute atomic E-state index is 11.9. The lowest BCUT2D eigenvalue weighted by atomic mass is 10.0. The molecule has 4 N–H and O–H groups in total. The molecule has 0 unspecified atom stereocenters. The van der Waals surface area contributed by atoms with E-state index in [1.54, 1.807) is 36.3 Å². The first-order valence-electron chi connectivity index (χ1n) is 9.58. The smallest absolute Gasteiger partial charge is 0.248 e. The second-order valence-corrected chi connectivity index (χ2v) is 7.22. The number of carbonyl (C=O) groups is 2. The van der Waals surface area contributed by atoms with E-state index in [9.17, 15) is 9.59 Å². The maximum atomic E-state index is 11.9. The Labute approximate surface area is 174 Å². The average Bonchev–Trinajstić information content (AvgIpc) is 2.73. The minimum Gasteiger partial charge on any atom is -0.366 e. The topological polar surface area (TPSA) is 113 Å². The first kappa shape index (κ1) is 19.4. The fraction of sp³-hybridized carbons (Fsp3) is 0.182. The molecule has 1 aromatic heterocycles. The molecule has 8 heteroatoms. The first-order chi connectivity index (χ1) is 14.4. The van der Waals surface area contributed by atoms with Crippen LogP contribution in [0.3, 0.4) is 0 Å². The van der Waals surface area contributed by atoms with Crippen LogP contribution in [0.5, 0.6) is 0 Å². The molecule has 0 bridgehead atoms.